The summed E-state index contributed by atoms with van der Waals surface area (Å²) in [5.41, 5.74) is -3.78. The maximum Gasteiger partial charge on any atom is 0.202 e. The molecule has 8 fully saturated rings. The standard InChI is InChI=1S/C60H80N2O22/c1-12-60(70)22-39(79-40-16-30(61(8)9)53(25(4)71-40)80-42-20-35-55(27(6)73-42)83-58-37(77-35)18-33(64)23(2)75-58)45-48(52(69)46-47(51(45)68)50(67)44-29(49(46)66)14-13-15-32(44)63)57(60)82-41-17-31(62(10)11)54(26(5)72-41)81-43-21-36-56(28(7)74-43)84-59-38(78-36)19-34(65)24(3)76-59/h13-15,23-28,30-31,35-43,53-59,63,68-70H,12,16-22H2,1-11H3/t23-,24-,25-,26-,27-,28-,30-,31-,35-,36-,37-,38-,39-,40-,41-,42-,43-,53+,54+,55+,56+,57+,58-,59-,60+/m0/s1. The summed E-state index contributed by atoms with van der Waals surface area (Å²) in [6, 6.07) is 3.24. The molecule has 10 aliphatic rings. The van der Waals surface area contributed by atoms with Gasteiger partial charge in [-0.1, -0.05) is 19.1 Å². The Morgan fingerprint density at radius 2 is 1.00 bits per heavy atom. The number of rotatable bonds is 11. The van der Waals surface area contributed by atoms with E-state index in [1.54, 1.807) is 20.8 Å². The van der Waals surface area contributed by atoms with Crippen molar-refractivity contribution in [2.45, 2.75) is 253 Å². The molecule has 25 atom stereocenters. The van der Waals surface area contributed by atoms with Crippen molar-refractivity contribution in [2.24, 2.45) is 0 Å². The van der Waals surface area contributed by atoms with E-state index in [2.05, 4.69) is 0 Å². The van der Waals surface area contributed by atoms with E-state index in [9.17, 15) is 39.6 Å². The maximum absolute atomic E-state index is 14.6. The number of likely N-dealkylation sites (N-methyl/N-ethyl adjacent to an activating group) is 2. The summed E-state index contributed by atoms with van der Waals surface area (Å²) in [7, 11) is 7.57. The molecule has 0 spiro atoms. The lowest BCUT2D eigenvalue weighted by Crippen LogP contribution is -2.62. The number of carbonyl (C=O) groups is 4. The van der Waals surface area contributed by atoms with E-state index in [1.807, 2.05) is 65.7 Å². The van der Waals surface area contributed by atoms with Crippen molar-refractivity contribution >= 4 is 23.1 Å². The molecule has 24 nitrogen and oxygen atoms in total. The van der Waals surface area contributed by atoms with Gasteiger partial charge < -0.3 is 96.5 Å². The molecule has 2 aromatic rings. The number of Topliss-reactive ketones (excluding diaryl/α,β-unsaturated/α-hetero) is 2. The average molecular weight is 1180 g/mol. The molecule has 462 valence electrons. The van der Waals surface area contributed by atoms with Crippen LogP contribution in [0, 0.1) is 0 Å². The summed E-state index contributed by atoms with van der Waals surface area (Å²) < 4.78 is 90.6. The van der Waals surface area contributed by atoms with Crippen LogP contribution in [0.4, 0.5) is 0 Å². The zero-order valence-corrected chi connectivity index (χ0v) is 49.3. The molecule has 4 N–H and O–H groups in total. The largest absolute Gasteiger partial charge is 0.507 e. The quantitative estimate of drug-likeness (QED) is 0.196. The molecule has 0 radical (unpaired) electrons. The number of aliphatic hydroxyl groups is 1. The SMILES string of the molecule is CC[C@@]1(O)C[C@H](O[C@H]2C[C@H](N(C)C)[C@H](O[C@H]3C[C@@H]4O[C@H]5CC(=O)[C@H](C)O[C@H]5O[C@@H]4[C@H](C)O3)[C@H](C)O2)c2c(O)c3c(c(O)c2[C@H]1O[C@H]1C[C@H](N(C)C)[C@H](O[C@H]2C[C@@H]4O[C@H]5CC(=O)[C@H](C)O[C@H]5O[C@@H]4[C@H](C)O2)[C@H](C)O1)C(=O)c1cccc(O)c1C3=O. The van der Waals surface area contributed by atoms with Gasteiger partial charge in [-0.3, -0.25) is 19.2 Å². The second-order valence-corrected chi connectivity index (χ2v) is 25.0. The molecule has 2 aliphatic carbocycles. The fourth-order valence-electron chi connectivity index (χ4n) is 14.5. The first-order chi connectivity index (χ1) is 39.9. The third-order valence-electron chi connectivity index (χ3n) is 19.1. The zero-order valence-electron chi connectivity index (χ0n) is 49.3. The van der Waals surface area contributed by atoms with Crippen molar-refractivity contribution in [3.63, 3.8) is 0 Å². The van der Waals surface area contributed by atoms with E-state index in [0.717, 1.165) is 0 Å². The van der Waals surface area contributed by atoms with Crippen LogP contribution >= 0.6 is 0 Å². The first-order valence-corrected chi connectivity index (χ1v) is 29.7. The van der Waals surface area contributed by atoms with E-state index in [4.69, 9.17) is 66.3 Å². The highest BCUT2D eigenvalue weighted by molar-refractivity contribution is 6.31. The van der Waals surface area contributed by atoms with Crippen LogP contribution in [0.5, 0.6) is 17.2 Å². The van der Waals surface area contributed by atoms with Gasteiger partial charge in [0.05, 0.1) is 65.0 Å². The van der Waals surface area contributed by atoms with Crippen molar-refractivity contribution in [2.75, 3.05) is 28.2 Å². The number of ketones is 4. The first-order valence-electron chi connectivity index (χ1n) is 29.7. The van der Waals surface area contributed by atoms with Gasteiger partial charge in [0.2, 0.25) is 5.78 Å². The number of ether oxygens (including phenoxy) is 14. The summed E-state index contributed by atoms with van der Waals surface area (Å²) in [5, 5.41) is 49.5. The van der Waals surface area contributed by atoms with Crippen LogP contribution in [0.15, 0.2) is 18.2 Å². The van der Waals surface area contributed by atoms with Crippen molar-refractivity contribution in [1.29, 1.82) is 0 Å². The van der Waals surface area contributed by atoms with Crippen LogP contribution in [0.2, 0.25) is 0 Å². The average Bonchev–Trinajstić information content (AvgIpc) is 1.13. The highest BCUT2D eigenvalue weighted by Gasteiger charge is 2.57. The van der Waals surface area contributed by atoms with Crippen molar-refractivity contribution in [3.05, 3.63) is 51.6 Å². The number of fused-ring (bicyclic) bond motifs is 7. The Kier molecular flexibility index (Phi) is 16.5. The molecule has 8 heterocycles. The van der Waals surface area contributed by atoms with Crippen LogP contribution < -0.4 is 0 Å². The molecule has 0 aromatic heterocycles. The summed E-state index contributed by atoms with van der Waals surface area (Å²) in [4.78, 5) is 58.2. The number of carbonyl (C=O) groups excluding carboxylic acids is 4. The Morgan fingerprint density at radius 3 is 1.50 bits per heavy atom. The Labute approximate surface area is 487 Å². The van der Waals surface area contributed by atoms with E-state index in [-0.39, 0.29) is 78.4 Å². The number of hydrogen-bond acceptors (Lipinski definition) is 24. The van der Waals surface area contributed by atoms with Gasteiger partial charge in [-0.2, -0.15) is 0 Å². The second-order valence-electron chi connectivity index (χ2n) is 25.0. The minimum Gasteiger partial charge on any atom is -0.507 e. The molecule has 0 amide bonds. The molecular formula is C60H80N2O22. The normalized spacial score (nSPS) is 43.9. The van der Waals surface area contributed by atoms with Crippen LogP contribution in [-0.2, 0) is 75.9 Å². The van der Waals surface area contributed by atoms with Gasteiger partial charge in [-0.15, -0.1) is 0 Å². The Morgan fingerprint density at radius 1 is 0.536 bits per heavy atom. The summed E-state index contributed by atoms with van der Waals surface area (Å²) >= 11 is 0. The highest BCUT2D eigenvalue weighted by atomic mass is 16.8. The number of benzene rings is 2. The van der Waals surface area contributed by atoms with Gasteiger partial charge in [-0.25, -0.2) is 0 Å². The van der Waals surface area contributed by atoms with E-state index >= 15 is 0 Å². The minimum atomic E-state index is -1.89. The zero-order chi connectivity index (χ0) is 59.7. The molecule has 0 unspecified atom stereocenters. The molecular weight excluding hydrogens is 1100 g/mol. The smallest absolute Gasteiger partial charge is 0.202 e. The number of aromatic hydroxyl groups is 3. The highest BCUT2D eigenvalue weighted by Crippen LogP contribution is 2.58. The molecule has 0 saturated carbocycles. The lowest BCUT2D eigenvalue weighted by Gasteiger charge is -2.51. The number of phenols is 3. The van der Waals surface area contributed by atoms with Crippen molar-refractivity contribution in [3.8, 4) is 17.2 Å². The summed E-state index contributed by atoms with van der Waals surface area (Å²) in [6.07, 6.45) is -14.3. The van der Waals surface area contributed by atoms with Crippen LogP contribution in [0.1, 0.15) is 155 Å². The lowest BCUT2D eigenvalue weighted by molar-refractivity contribution is -0.372. The fourth-order valence-corrected chi connectivity index (χ4v) is 14.5. The van der Waals surface area contributed by atoms with Gasteiger partial charge in [0.15, 0.2) is 55.1 Å². The molecule has 24 heteroatoms. The number of nitrogens with zero attached hydrogens (tertiary/aromatic N) is 2. The van der Waals surface area contributed by atoms with Gasteiger partial charge >= 0.3 is 0 Å². The van der Waals surface area contributed by atoms with Crippen molar-refractivity contribution < 1.29 is 106 Å². The summed E-state index contributed by atoms with van der Waals surface area (Å²) in [5.74, 6) is -3.77. The van der Waals surface area contributed by atoms with Crippen LogP contribution in [-0.4, -0.2) is 222 Å². The Bertz CT molecular complexity index is 2870. The van der Waals surface area contributed by atoms with E-state index < -0.39 is 187 Å². The fraction of sp³-hybridized carbons (Fsp3) is 0.733. The third kappa shape index (κ3) is 10.6. The van der Waals surface area contributed by atoms with Gasteiger partial charge in [0.1, 0.15) is 72.2 Å². The molecule has 2 aromatic carbocycles. The van der Waals surface area contributed by atoms with Crippen molar-refractivity contribution in [1.82, 2.24) is 9.80 Å². The molecule has 8 saturated heterocycles. The molecule has 84 heavy (non-hydrogen) atoms. The maximum atomic E-state index is 14.6. The third-order valence-corrected chi connectivity index (χ3v) is 19.1. The van der Waals surface area contributed by atoms with Gasteiger partial charge in [-0.05, 0) is 82.2 Å². The van der Waals surface area contributed by atoms with E-state index in [1.165, 1.54) is 18.2 Å². The predicted octanol–water partition coefficient (Wildman–Crippen LogP) is 4.12. The van der Waals surface area contributed by atoms with Gasteiger partial charge in [0.25, 0.3) is 0 Å². The lowest BCUT2D eigenvalue weighted by atomic mass is 9.70. The Balaban J connectivity index is 0.806. The van der Waals surface area contributed by atoms with Crippen LogP contribution in [0.3, 0.4) is 0 Å². The molecule has 8 aliphatic heterocycles. The molecule has 0 bridgehead atoms. The van der Waals surface area contributed by atoms with Crippen LogP contribution in [0.25, 0.3) is 0 Å². The second kappa shape index (κ2) is 23.1. The summed E-state index contributed by atoms with van der Waals surface area (Å²) in [6.45, 7) is 12.6. The Hall–Kier alpha value is -4.16. The topological polar surface area (TPSA) is 285 Å². The van der Waals surface area contributed by atoms with E-state index in [0.29, 0.717) is 12.8 Å². The molecule has 12 rings (SSSR count). The monoisotopic (exact) mass is 1180 g/mol. The van der Waals surface area contributed by atoms with Gasteiger partial charge in [0, 0.05) is 73.7 Å². The first kappa shape index (κ1) is 60.1. The number of hydrogen-bond donors (Lipinski definition) is 4. The number of phenolic OH excluding ortho intramolecular Hbond substituents is 3. The predicted molar refractivity (Wildman–Crippen MR) is 288 cm³/mol. The minimum absolute atomic E-state index is 0.00740.